The van der Waals surface area contributed by atoms with Crippen LogP contribution in [0, 0.1) is 0 Å². The van der Waals surface area contributed by atoms with E-state index in [-0.39, 0.29) is 65.7 Å². The number of nitrogens with zero attached hydrogens (tertiary/aromatic N) is 6. The Bertz CT molecular complexity index is 3820. The van der Waals surface area contributed by atoms with Crippen LogP contribution in [0.2, 0.25) is 0 Å². The second-order valence-corrected chi connectivity index (χ2v) is 17.5. The molecule has 0 aliphatic carbocycles. The summed E-state index contributed by atoms with van der Waals surface area (Å²) in [6, 6.07) is 30.5. The van der Waals surface area contributed by atoms with Crippen LogP contribution in [0.15, 0.2) is 97.1 Å². The second-order valence-electron chi connectivity index (χ2n) is 17.5. The molecule has 0 unspecified atom stereocenters. The summed E-state index contributed by atoms with van der Waals surface area (Å²) in [7, 11) is 6.32. The summed E-state index contributed by atoms with van der Waals surface area (Å²) >= 11 is 0. The summed E-state index contributed by atoms with van der Waals surface area (Å²) in [6.45, 7) is -1.55. The minimum absolute atomic E-state index is 0.179. The lowest BCUT2D eigenvalue weighted by atomic mass is 9.93. The van der Waals surface area contributed by atoms with E-state index in [2.05, 4.69) is 9.97 Å². The number of fused-ring (bicyclic) bond motifs is 24. The number of hydrogen-bond acceptors (Lipinski definition) is 14. The summed E-state index contributed by atoms with van der Waals surface area (Å²) < 4.78 is 25.1. The first kappa shape index (κ1) is 43.2. The van der Waals surface area contributed by atoms with E-state index in [4.69, 9.17) is 48.9 Å². The summed E-state index contributed by atoms with van der Waals surface area (Å²) in [6.07, 6.45) is 0. The summed E-state index contributed by atoms with van der Waals surface area (Å²) in [5.41, 5.74) is 5.16. The first-order valence-corrected chi connectivity index (χ1v) is 23.1. The molecule has 11 aromatic rings. The molecule has 8 bridgehead atoms. The van der Waals surface area contributed by atoms with E-state index in [1.54, 1.807) is 28.4 Å². The van der Waals surface area contributed by atoms with E-state index in [1.165, 1.54) is 0 Å². The molecule has 8 aromatic carbocycles. The van der Waals surface area contributed by atoms with E-state index in [0.29, 0.717) is 94.4 Å². The van der Waals surface area contributed by atoms with Gasteiger partial charge >= 0.3 is 0 Å². The molecule has 0 saturated carbocycles. The molecule has 6 N–H and O–H groups in total. The quantitative estimate of drug-likeness (QED) is 0.0834. The maximum atomic E-state index is 11.4. The molecule has 0 atom stereocenters. The van der Waals surface area contributed by atoms with Gasteiger partial charge in [0.25, 0.3) is 0 Å². The van der Waals surface area contributed by atoms with Gasteiger partial charge in [0.15, 0.2) is 23.3 Å². The van der Waals surface area contributed by atoms with Crippen LogP contribution in [0.3, 0.4) is 0 Å². The van der Waals surface area contributed by atoms with E-state index >= 15 is 0 Å². The average Bonchev–Trinajstić information content (AvgIpc) is 4.16. The van der Waals surface area contributed by atoms with Crippen LogP contribution >= 0.6 is 0 Å². The Kier molecular flexibility index (Phi) is 9.85. The molecule has 0 spiro atoms. The normalized spacial score (nSPS) is 12.1. The molecular weight excluding hydrogens is 913 g/mol. The van der Waals surface area contributed by atoms with Crippen molar-refractivity contribution in [2.45, 2.75) is 26.4 Å². The van der Waals surface area contributed by atoms with Crippen LogP contribution < -0.4 is 18.9 Å². The average molecular weight is 955 g/mol. The van der Waals surface area contributed by atoms with Crippen molar-refractivity contribution in [3.05, 3.63) is 119 Å². The Morgan fingerprint density at radius 3 is 0.889 bits per heavy atom. The van der Waals surface area contributed by atoms with E-state index in [9.17, 15) is 20.4 Å². The minimum atomic E-state index is -0.392. The molecule has 16 nitrogen and oxygen atoms in total. The lowest BCUT2D eigenvalue weighted by Gasteiger charge is -2.15. The van der Waals surface area contributed by atoms with Gasteiger partial charge in [0.2, 0.25) is 0 Å². The van der Waals surface area contributed by atoms with Crippen molar-refractivity contribution < 1.29 is 39.4 Å². The van der Waals surface area contributed by atoms with Gasteiger partial charge in [0.1, 0.15) is 45.6 Å². The second kappa shape index (κ2) is 16.4. The molecule has 72 heavy (non-hydrogen) atoms. The third kappa shape index (κ3) is 5.82. The Hall–Kier alpha value is -8.80. The Balaban J connectivity index is 1.34. The molecular formula is C56H42N8O8. The number of aliphatic hydroxyl groups is 4. The lowest BCUT2D eigenvalue weighted by Crippen LogP contribution is -1.98. The fourth-order valence-corrected chi connectivity index (χ4v) is 11.3. The first-order chi connectivity index (χ1) is 35.4. The molecule has 0 saturated heterocycles. The van der Waals surface area contributed by atoms with Crippen molar-refractivity contribution in [2.75, 3.05) is 28.4 Å². The number of rotatable bonds is 8. The van der Waals surface area contributed by atoms with Gasteiger partial charge in [-0.3, -0.25) is 0 Å². The van der Waals surface area contributed by atoms with Crippen molar-refractivity contribution in [3.63, 3.8) is 0 Å². The molecule has 3 aromatic heterocycles. The zero-order valence-corrected chi connectivity index (χ0v) is 39.2. The van der Waals surface area contributed by atoms with Crippen LogP contribution in [-0.2, 0) is 26.4 Å². The Morgan fingerprint density at radius 2 is 0.583 bits per heavy atom. The number of aliphatic hydroxyl groups excluding tert-OH is 4. The number of aromatic nitrogens is 8. The standard InChI is InChI=1S/C56H42N8O8/c1-69-45-29-17-9-5-13-25(29)33(21-65)37-41(45)53-58-49(37)57-50-38-34(22-66)26-14-6-10-18-30(26)46(70-2)42(38)54(59-50)61-52-40-36(24-68)28-16-8-12-20-32(28)48(72-4)44(40)56(63-52)64-55-43-39(51(60-53)62-55)35(23-67)27-15-7-11-19-31(27)47(43)71-3/h5-20,65-68H,21-24H2,1-4H3,(H2,57,58,59,60,61,62,63,64). The van der Waals surface area contributed by atoms with E-state index < -0.39 is 6.61 Å². The zero-order chi connectivity index (χ0) is 49.1. The third-order valence-corrected chi connectivity index (χ3v) is 14.2. The zero-order valence-electron chi connectivity index (χ0n) is 39.2. The molecule has 2 aliphatic heterocycles. The maximum absolute atomic E-state index is 11.4. The SMILES string of the molecule is COc1c2c(c(CO)c3ccccc13)-c1nc-2nc2[nH]c(nc3nc(nc4[nH]c(n1)c1c(CO)c5ccccc5c(OC)c41)-c1c-3c(OC)c3ccccc3c1CO)c1c(OC)c3ccccc3c(CO)c21. The number of aromatic amines is 2. The van der Waals surface area contributed by atoms with Gasteiger partial charge in [-0.25, -0.2) is 29.9 Å². The van der Waals surface area contributed by atoms with Crippen LogP contribution in [-0.4, -0.2) is 88.7 Å². The maximum Gasteiger partial charge on any atom is 0.168 e. The highest BCUT2D eigenvalue weighted by molar-refractivity contribution is 6.21. The van der Waals surface area contributed by atoms with Crippen molar-refractivity contribution in [1.82, 2.24) is 39.9 Å². The summed E-state index contributed by atoms with van der Waals surface area (Å²) in [5, 5.41) is 53.3. The Morgan fingerprint density at radius 1 is 0.319 bits per heavy atom. The van der Waals surface area contributed by atoms with E-state index in [0.717, 1.165) is 37.7 Å². The van der Waals surface area contributed by atoms with Gasteiger partial charge in [-0.15, -0.1) is 0 Å². The first-order valence-electron chi connectivity index (χ1n) is 23.1. The van der Waals surface area contributed by atoms with Gasteiger partial charge in [0, 0.05) is 43.4 Å². The van der Waals surface area contributed by atoms with Crippen molar-refractivity contribution in [2.24, 2.45) is 0 Å². The van der Waals surface area contributed by atoms with Crippen molar-refractivity contribution in [3.8, 4) is 68.5 Å². The molecule has 354 valence electrons. The number of nitrogens with one attached hydrogen (secondary N) is 2. The van der Waals surface area contributed by atoms with Gasteiger partial charge in [0.05, 0.1) is 76.8 Å². The molecule has 0 fully saturated rings. The van der Waals surface area contributed by atoms with Gasteiger partial charge in [-0.2, -0.15) is 0 Å². The molecule has 16 heteroatoms. The molecule has 2 aliphatic rings. The predicted octanol–water partition coefficient (Wildman–Crippen LogP) is 9.49. The third-order valence-electron chi connectivity index (χ3n) is 14.2. The van der Waals surface area contributed by atoms with Crippen molar-refractivity contribution >= 4 is 87.2 Å². The number of methoxy groups -OCH3 is 4. The van der Waals surface area contributed by atoms with Gasteiger partial charge in [-0.05, 0) is 43.8 Å². The lowest BCUT2D eigenvalue weighted by molar-refractivity contribution is 0.283. The fourth-order valence-electron chi connectivity index (χ4n) is 11.3. The highest BCUT2D eigenvalue weighted by Gasteiger charge is 2.34. The topological polar surface area (TPSA) is 227 Å². The number of benzene rings is 8. The summed E-state index contributed by atoms with van der Waals surface area (Å²) in [4.78, 5) is 38.9. The van der Waals surface area contributed by atoms with Gasteiger partial charge in [-0.1, -0.05) is 97.1 Å². The fraction of sp³-hybridized carbons (Fsp3) is 0.143. The van der Waals surface area contributed by atoms with Crippen LogP contribution in [0.25, 0.3) is 133 Å². The molecule has 0 radical (unpaired) electrons. The predicted molar refractivity (Wildman–Crippen MR) is 276 cm³/mol. The molecule has 13 rings (SSSR count). The van der Waals surface area contributed by atoms with Crippen LogP contribution in [0.1, 0.15) is 22.3 Å². The van der Waals surface area contributed by atoms with E-state index in [1.807, 2.05) is 97.1 Å². The number of ether oxygens (including phenoxy) is 4. The largest absolute Gasteiger partial charge is 0.495 e. The monoisotopic (exact) mass is 954 g/mol. The molecule has 0 amide bonds. The highest BCUT2D eigenvalue weighted by Crippen LogP contribution is 2.52. The highest BCUT2D eigenvalue weighted by atomic mass is 16.5. The van der Waals surface area contributed by atoms with Crippen LogP contribution in [0.4, 0.5) is 0 Å². The number of hydrogen-bond donors (Lipinski definition) is 6. The smallest absolute Gasteiger partial charge is 0.168 e. The van der Waals surface area contributed by atoms with Gasteiger partial charge < -0.3 is 49.3 Å². The minimum Gasteiger partial charge on any atom is -0.495 e. The van der Waals surface area contributed by atoms with Crippen molar-refractivity contribution in [1.29, 1.82) is 0 Å². The Labute approximate surface area is 407 Å². The number of H-pyrrole nitrogens is 2. The van der Waals surface area contributed by atoms with Crippen LogP contribution in [0.5, 0.6) is 23.0 Å². The summed E-state index contributed by atoms with van der Waals surface area (Å²) in [5.74, 6) is 2.57. The molecule has 5 heterocycles.